The van der Waals surface area contributed by atoms with Crippen LogP contribution >= 0.6 is 0 Å². The lowest BCUT2D eigenvalue weighted by Crippen LogP contribution is -2.36. The van der Waals surface area contributed by atoms with E-state index in [1.807, 2.05) is 58.9 Å². The summed E-state index contributed by atoms with van der Waals surface area (Å²) < 4.78 is 5.38. The molecule has 3 rings (SSSR count). The average Bonchev–Trinajstić information content (AvgIpc) is 3.09. The molecule has 0 bridgehead atoms. The number of fused-ring (bicyclic) bond motifs is 1. The molecule has 0 amide bonds. The molecule has 0 unspecified atom stereocenters. The van der Waals surface area contributed by atoms with Crippen molar-refractivity contribution >= 4 is 18.1 Å². The quantitative estimate of drug-likeness (QED) is 0.731. The van der Waals surface area contributed by atoms with Crippen LogP contribution in [0.1, 0.15) is 52.4 Å². The third-order valence-corrected chi connectivity index (χ3v) is 3.77. The predicted molar refractivity (Wildman–Crippen MR) is 111 cm³/mol. The van der Waals surface area contributed by atoms with E-state index in [0.29, 0.717) is 0 Å². The molecular formula is C21H33N3O2. The van der Waals surface area contributed by atoms with E-state index in [-0.39, 0.29) is 5.76 Å². The topological polar surface area (TPSA) is 61.4 Å². The number of aromatic nitrogens is 2. The Hall–Kier alpha value is -2.27. The van der Waals surface area contributed by atoms with Crippen LogP contribution in [-0.4, -0.2) is 41.4 Å². The van der Waals surface area contributed by atoms with Crippen molar-refractivity contribution in [2.45, 2.75) is 41.0 Å². The number of aliphatic hydroxyl groups excluding tert-OH is 1. The lowest BCUT2D eigenvalue weighted by Gasteiger charge is -2.26. The van der Waals surface area contributed by atoms with Crippen molar-refractivity contribution in [3.8, 4) is 0 Å². The van der Waals surface area contributed by atoms with E-state index in [4.69, 9.17) is 4.74 Å². The van der Waals surface area contributed by atoms with Crippen LogP contribution < -0.4 is 4.90 Å². The molecule has 0 atom stereocenters. The SMILES string of the molecule is CC.CC.CC1=C\C=C/C/C=C/c2nc(N3CCOCC3)[nH]c2/C=C\1O. The van der Waals surface area contributed by atoms with E-state index in [1.165, 1.54) is 0 Å². The Kier molecular flexibility index (Phi) is 10.2. The Morgan fingerprint density at radius 1 is 1.12 bits per heavy atom. The summed E-state index contributed by atoms with van der Waals surface area (Å²) in [4.78, 5) is 10.2. The number of imidazole rings is 1. The summed E-state index contributed by atoms with van der Waals surface area (Å²) in [7, 11) is 0. The normalized spacial score (nSPS) is 23.2. The van der Waals surface area contributed by atoms with Crippen molar-refractivity contribution in [1.82, 2.24) is 9.97 Å². The first kappa shape index (κ1) is 21.8. The fraction of sp³-hybridized carbons (Fsp3) is 0.476. The van der Waals surface area contributed by atoms with Crippen LogP contribution in [0.2, 0.25) is 0 Å². The molecule has 1 saturated heterocycles. The minimum Gasteiger partial charge on any atom is -0.508 e. The van der Waals surface area contributed by atoms with E-state index in [2.05, 4.69) is 20.9 Å². The number of ether oxygens (including phenoxy) is 1. The van der Waals surface area contributed by atoms with Gasteiger partial charge in [-0.3, -0.25) is 0 Å². The number of aliphatic hydroxyl groups is 1. The van der Waals surface area contributed by atoms with Gasteiger partial charge in [-0.15, -0.1) is 0 Å². The Balaban J connectivity index is 0.000000791. The summed E-state index contributed by atoms with van der Waals surface area (Å²) in [6, 6.07) is 0. The van der Waals surface area contributed by atoms with Crippen molar-refractivity contribution in [2.24, 2.45) is 0 Å². The lowest BCUT2D eigenvalue weighted by molar-refractivity contribution is 0.122. The van der Waals surface area contributed by atoms with Crippen molar-refractivity contribution in [2.75, 3.05) is 31.2 Å². The first-order valence-corrected chi connectivity index (χ1v) is 9.58. The summed E-state index contributed by atoms with van der Waals surface area (Å²) in [6.45, 7) is 13.0. The van der Waals surface area contributed by atoms with Crippen molar-refractivity contribution in [1.29, 1.82) is 0 Å². The van der Waals surface area contributed by atoms with E-state index in [9.17, 15) is 5.11 Å². The summed E-state index contributed by atoms with van der Waals surface area (Å²) >= 11 is 0. The molecule has 2 N–H and O–H groups in total. The number of H-pyrrole nitrogens is 1. The number of rotatable bonds is 1. The van der Waals surface area contributed by atoms with Gasteiger partial charge in [-0.25, -0.2) is 4.98 Å². The first-order valence-electron chi connectivity index (χ1n) is 9.58. The Bertz CT molecular complexity index is 648. The van der Waals surface area contributed by atoms with Gasteiger partial charge < -0.3 is 19.7 Å². The van der Waals surface area contributed by atoms with E-state index < -0.39 is 0 Å². The molecule has 1 aromatic rings. The highest BCUT2D eigenvalue weighted by Gasteiger charge is 2.16. The second kappa shape index (κ2) is 12.1. The maximum atomic E-state index is 10.2. The van der Waals surface area contributed by atoms with Gasteiger partial charge in [-0.2, -0.15) is 0 Å². The van der Waals surface area contributed by atoms with Gasteiger partial charge in [0.25, 0.3) is 0 Å². The molecule has 144 valence electrons. The minimum absolute atomic E-state index is 0.248. The number of aromatic amines is 1. The molecule has 2 heterocycles. The average molecular weight is 360 g/mol. The highest BCUT2D eigenvalue weighted by atomic mass is 16.5. The third-order valence-electron chi connectivity index (χ3n) is 3.77. The molecule has 26 heavy (non-hydrogen) atoms. The molecule has 2 aliphatic rings. The largest absolute Gasteiger partial charge is 0.508 e. The lowest BCUT2D eigenvalue weighted by atomic mass is 10.2. The van der Waals surface area contributed by atoms with E-state index >= 15 is 0 Å². The molecule has 0 saturated carbocycles. The van der Waals surface area contributed by atoms with Gasteiger partial charge >= 0.3 is 0 Å². The monoisotopic (exact) mass is 359 g/mol. The molecule has 1 aromatic heterocycles. The summed E-state index contributed by atoms with van der Waals surface area (Å²) in [5, 5.41) is 10.2. The van der Waals surface area contributed by atoms with Crippen LogP contribution in [0.3, 0.4) is 0 Å². The summed E-state index contributed by atoms with van der Waals surface area (Å²) in [6.07, 6.45) is 12.5. The Morgan fingerprint density at radius 3 is 2.50 bits per heavy atom. The zero-order valence-electron chi connectivity index (χ0n) is 16.7. The smallest absolute Gasteiger partial charge is 0.203 e. The van der Waals surface area contributed by atoms with Crippen molar-refractivity contribution < 1.29 is 9.84 Å². The van der Waals surface area contributed by atoms with Gasteiger partial charge in [-0.05, 0) is 25.0 Å². The maximum absolute atomic E-state index is 10.2. The molecular weight excluding hydrogens is 326 g/mol. The number of hydrogen-bond acceptors (Lipinski definition) is 4. The first-order chi connectivity index (χ1) is 12.7. The summed E-state index contributed by atoms with van der Waals surface area (Å²) in [5.74, 6) is 1.08. The zero-order valence-corrected chi connectivity index (χ0v) is 16.7. The van der Waals surface area contributed by atoms with Crippen LogP contribution in [0.15, 0.2) is 35.6 Å². The molecule has 5 heteroatoms. The Morgan fingerprint density at radius 2 is 1.81 bits per heavy atom. The van der Waals surface area contributed by atoms with Gasteiger partial charge in [0.2, 0.25) is 5.95 Å². The van der Waals surface area contributed by atoms with Gasteiger partial charge in [-0.1, -0.05) is 52.0 Å². The van der Waals surface area contributed by atoms with Gasteiger partial charge in [0.1, 0.15) is 5.76 Å². The minimum atomic E-state index is 0.248. The number of hydrogen-bond donors (Lipinski definition) is 2. The molecule has 5 nitrogen and oxygen atoms in total. The molecule has 0 aromatic carbocycles. The van der Waals surface area contributed by atoms with Crippen LogP contribution in [-0.2, 0) is 4.74 Å². The van der Waals surface area contributed by atoms with Crippen molar-refractivity contribution in [3.05, 3.63) is 47.0 Å². The molecule has 0 radical (unpaired) electrons. The molecule has 1 aliphatic heterocycles. The number of nitrogens with zero attached hydrogens (tertiary/aromatic N) is 2. The number of morpholine rings is 1. The molecule has 0 spiro atoms. The standard InChI is InChI=1S/C17H21N3O2.2C2H6/c1-13-6-4-2-3-5-7-14-15(12-16(13)21)19-17(18-14)20-8-10-22-11-9-20;2*1-2/h2,4-7,12,21H,3,8-11H2,1H3,(H,18,19);2*1-2H3/b4-2-,7-5+,13-6+,16-12+;;. The Labute approximate surface area is 157 Å². The maximum Gasteiger partial charge on any atom is 0.203 e. The number of nitrogens with one attached hydrogen (secondary N) is 1. The van der Waals surface area contributed by atoms with E-state index in [1.54, 1.807) is 6.08 Å². The number of allylic oxidation sites excluding steroid dienone is 5. The van der Waals surface area contributed by atoms with Crippen molar-refractivity contribution in [3.63, 3.8) is 0 Å². The summed E-state index contributed by atoms with van der Waals surface area (Å²) in [5.41, 5.74) is 2.49. The fourth-order valence-electron chi connectivity index (χ4n) is 2.43. The fourth-order valence-corrected chi connectivity index (χ4v) is 2.43. The predicted octanol–water partition coefficient (Wildman–Crippen LogP) is 5.12. The highest BCUT2D eigenvalue weighted by molar-refractivity contribution is 5.65. The van der Waals surface area contributed by atoms with E-state index in [0.717, 1.165) is 55.6 Å². The number of anilines is 1. The zero-order chi connectivity index (χ0) is 19.4. The second-order valence-corrected chi connectivity index (χ2v) is 5.40. The van der Waals surface area contributed by atoms with Gasteiger partial charge in [0.05, 0.1) is 24.6 Å². The molecule has 1 fully saturated rings. The van der Waals surface area contributed by atoms with Crippen LogP contribution in [0.5, 0.6) is 0 Å². The van der Waals surface area contributed by atoms with Crippen LogP contribution in [0, 0.1) is 0 Å². The highest BCUT2D eigenvalue weighted by Crippen LogP contribution is 2.21. The van der Waals surface area contributed by atoms with Gasteiger partial charge in [0.15, 0.2) is 0 Å². The van der Waals surface area contributed by atoms with Crippen LogP contribution in [0.25, 0.3) is 12.2 Å². The van der Waals surface area contributed by atoms with Gasteiger partial charge in [0, 0.05) is 19.2 Å². The third kappa shape index (κ3) is 6.23. The van der Waals surface area contributed by atoms with Crippen LogP contribution in [0.4, 0.5) is 5.95 Å². The molecule has 1 aliphatic carbocycles. The second-order valence-electron chi connectivity index (χ2n) is 5.40.